The predicted molar refractivity (Wildman–Crippen MR) is 80.5 cm³/mol. The minimum atomic E-state index is 0.728. The Bertz CT molecular complexity index is 390. The second-order valence-corrected chi connectivity index (χ2v) is 6.07. The molecule has 0 aromatic heterocycles. The number of rotatable bonds is 2. The van der Waals surface area contributed by atoms with Gasteiger partial charge in [0, 0.05) is 12.1 Å². The summed E-state index contributed by atoms with van der Waals surface area (Å²) in [5, 5.41) is 3.67. The van der Waals surface area contributed by atoms with Crippen LogP contribution in [-0.4, -0.2) is 36.6 Å². The molecule has 0 bridgehead atoms. The zero-order valence-corrected chi connectivity index (χ0v) is 12.1. The summed E-state index contributed by atoms with van der Waals surface area (Å²) >= 11 is 0. The lowest BCUT2D eigenvalue weighted by molar-refractivity contribution is 0.174. The highest BCUT2D eigenvalue weighted by molar-refractivity contribution is 5.33. The van der Waals surface area contributed by atoms with E-state index in [9.17, 15) is 0 Å². The second-order valence-electron chi connectivity index (χ2n) is 6.07. The molecule has 1 unspecified atom stereocenters. The van der Waals surface area contributed by atoms with Crippen LogP contribution in [0.4, 0.5) is 0 Å². The van der Waals surface area contributed by atoms with Crippen molar-refractivity contribution in [2.45, 2.75) is 51.1 Å². The summed E-state index contributed by atoms with van der Waals surface area (Å²) in [5.74, 6) is 0. The van der Waals surface area contributed by atoms with E-state index >= 15 is 0 Å². The molecule has 1 atom stereocenters. The summed E-state index contributed by atoms with van der Waals surface area (Å²) in [6.45, 7) is 6.02. The number of hydrogen-bond donors (Lipinski definition) is 1. The van der Waals surface area contributed by atoms with Crippen LogP contribution in [-0.2, 0) is 12.8 Å². The molecule has 0 amide bonds. The van der Waals surface area contributed by atoms with Crippen LogP contribution in [0.3, 0.4) is 0 Å². The molecular weight excluding hydrogens is 232 g/mol. The van der Waals surface area contributed by atoms with Gasteiger partial charge in [-0.2, -0.15) is 0 Å². The number of nitrogens with one attached hydrogen (secondary N) is 1. The molecule has 1 fully saturated rings. The fourth-order valence-corrected chi connectivity index (χ4v) is 3.63. The van der Waals surface area contributed by atoms with Crippen molar-refractivity contribution < 1.29 is 0 Å². The molecule has 2 nitrogen and oxygen atoms in total. The predicted octanol–water partition coefficient (Wildman–Crippen LogP) is 2.62. The molecule has 2 aliphatic rings. The highest BCUT2D eigenvalue weighted by Crippen LogP contribution is 2.26. The van der Waals surface area contributed by atoms with Crippen LogP contribution in [0.5, 0.6) is 0 Å². The highest BCUT2D eigenvalue weighted by Gasteiger charge is 2.27. The Kier molecular flexibility index (Phi) is 4.19. The van der Waals surface area contributed by atoms with E-state index in [1.54, 1.807) is 11.1 Å². The molecule has 1 N–H and O–H groups in total. The second kappa shape index (κ2) is 6.06. The van der Waals surface area contributed by atoms with E-state index in [1.807, 2.05) is 0 Å². The molecule has 1 aromatic carbocycles. The fraction of sp³-hybridized carbons (Fsp3) is 0.647. The van der Waals surface area contributed by atoms with Gasteiger partial charge in [0.05, 0.1) is 0 Å². The van der Waals surface area contributed by atoms with Gasteiger partial charge in [-0.25, -0.2) is 0 Å². The Morgan fingerprint density at radius 3 is 2.58 bits per heavy atom. The van der Waals surface area contributed by atoms with E-state index in [1.165, 1.54) is 51.7 Å². The first-order chi connectivity index (χ1) is 9.36. The molecule has 0 spiro atoms. The molecule has 19 heavy (non-hydrogen) atoms. The van der Waals surface area contributed by atoms with Crippen LogP contribution < -0.4 is 5.32 Å². The molecular formula is C17H26N2. The van der Waals surface area contributed by atoms with Gasteiger partial charge in [0.2, 0.25) is 0 Å². The van der Waals surface area contributed by atoms with E-state index in [2.05, 4.69) is 41.4 Å². The Labute approximate surface area is 117 Å². The summed E-state index contributed by atoms with van der Waals surface area (Å²) in [4.78, 5) is 2.75. The van der Waals surface area contributed by atoms with Crippen LogP contribution >= 0.6 is 0 Å². The highest BCUT2D eigenvalue weighted by atomic mass is 15.2. The van der Waals surface area contributed by atoms with E-state index in [-0.39, 0.29) is 0 Å². The first kappa shape index (κ1) is 13.1. The Morgan fingerprint density at radius 1 is 1.16 bits per heavy atom. The third-order valence-electron chi connectivity index (χ3n) is 4.86. The molecule has 3 rings (SSSR count). The lowest BCUT2D eigenvalue weighted by atomic mass is 10.1. The average molecular weight is 258 g/mol. The topological polar surface area (TPSA) is 15.3 Å². The van der Waals surface area contributed by atoms with E-state index in [0.717, 1.165) is 12.1 Å². The molecule has 1 aliphatic carbocycles. The van der Waals surface area contributed by atoms with Crippen molar-refractivity contribution in [1.29, 1.82) is 0 Å². The normalized spacial score (nSPS) is 25.8. The van der Waals surface area contributed by atoms with Gasteiger partial charge in [0.1, 0.15) is 0 Å². The molecule has 1 saturated heterocycles. The molecule has 1 aliphatic heterocycles. The molecule has 1 aromatic rings. The average Bonchev–Trinajstić information content (AvgIpc) is 2.82. The van der Waals surface area contributed by atoms with Crippen LogP contribution in [0.25, 0.3) is 0 Å². The zero-order chi connectivity index (χ0) is 13.1. The van der Waals surface area contributed by atoms with E-state index in [0.29, 0.717) is 0 Å². The minimum absolute atomic E-state index is 0.728. The maximum Gasteiger partial charge on any atom is 0.0176 e. The van der Waals surface area contributed by atoms with Crippen LogP contribution in [0.2, 0.25) is 0 Å². The summed E-state index contributed by atoms with van der Waals surface area (Å²) < 4.78 is 0. The number of fused-ring (bicyclic) bond motifs is 1. The van der Waals surface area contributed by atoms with Gasteiger partial charge >= 0.3 is 0 Å². The van der Waals surface area contributed by atoms with Crippen molar-refractivity contribution in [3.05, 3.63) is 35.4 Å². The minimum Gasteiger partial charge on any atom is -0.314 e. The van der Waals surface area contributed by atoms with E-state index in [4.69, 9.17) is 0 Å². The van der Waals surface area contributed by atoms with Crippen molar-refractivity contribution in [2.75, 3.05) is 19.6 Å². The maximum atomic E-state index is 3.67. The van der Waals surface area contributed by atoms with Crippen molar-refractivity contribution in [3.63, 3.8) is 0 Å². The fourth-order valence-electron chi connectivity index (χ4n) is 3.63. The number of benzene rings is 1. The summed E-state index contributed by atoms with van der Waals surface area (Å²) in [7, 11) is 0. The van der Waals surface area contributed by atoms with Gasteiger partial charge in [0.15, 0.2) is 0 Å². The van der Waals surface area contributed by atoms with Gasteiger partial charge < -0.3 is 5.32 Å². The standard InChI is InChI=1S/C17H26N2/c1-2-16-8-11-19(10-5-9-18-16)17-12-14-6-3-4-7-15(14)13-17/h3-4,6-7,16-18H,2,5,8-13H2,1H3. The van der Waals surface area contributed by atoms with E-state index < -0.39 is 0 Å². The van der Waals surface area contributed by atoms with Crippen molar-refractivity contribution in [1.82, 2.24) is 10.2 Å². The third-order valence-corrected chi connectivity index (χ3v) is 4.86. The Balaban J connectivity index is 1.63. The van der Waals surface area contributed by atoms with Gasteiger partial charge in [-0.1, -0.05) is 31.2 Å². The summed E-state index contributed by atoms with van der Waals surface area (Å²) in [6, 6.07) is 10.5. The molecule has 0 radical (unpaired) electrons. The van der Waals surface area contributed by atoms with Gasteiger partial charge in [-0.05, 0) is 62.9 Å². The van der Waals surface area contributed by atoms with Crippen LogP contribution in [0.15, 0.2) is 24.3 Å². The van der Waals surface area contributed by atoms with Crippen LogP contribution in [0, 0.1) is 0 Å². The smallest absolute Gasteiger partial charge is 0.0176 e. The zero-order valence-electron chi connectivity index (χ0n) is 12.1. The summed E-state index contributed by atoms with van der Waals surface area (Å²) in [5.41, 5.74) is 3.17. The lowest BCUT2D eigenvalue weighted by Crippen LogP contribution is -2.44. The maximum absolute atomic E-state index is 3.67. The van der Waals surface area contributed by atoms with Crippen molar-refractivity contribution >= 4 is 0 Å². The lowest BCUT2D eigenvalue weighted by Gasteiger charge is -2.33. The number of nitrogens with zero attached hydrogens (tertiary/aromatic N) is 1. The molecule has 104 valence electrons. The monoisotopic (exact) mass is 258 g/mol. The van der Waals surface area contributed by atoms with Crippen LogP contribution in [0.1, 0.15) is 37.3 Å². The molecule has 1 heterocycles. The molecule has 2 heteroatoms. The third kappa shape index (κ3) is 3.01. The van der Waals surface area contributed by atoms with Gasteiger partial charge in [-0.3, -0.25) is 4.90 Å². The molecule has 0 saturated carbocycles. The van der Waals surface area contributed by atoms with Gasteiger partial charge in [-0.15, -0.1) is 0 Å². The quantitative estimate of drug-likeness (QED) is 0.877. The summed E-state index contributed by atoms with van der Waals surface area (Å²) in [6.07, 6.45) is 6.40. The van der Waals surface area contributed by atoms with Crippen molar-refractivity contribution in [3.8, 4) is 0 Å². The first-order valence-electron chi connectivity index (χ1n) is 7.91. The number of hydrogen-bond acceptors (Lipinski definition) is 2. The van der Waals surface area contributed by atoms with Crippen molar-refractivity contribution in [2.24, 2.45) is 0 Å². The largest absolute Gasteiger partial charge is 0.314 e. The SMILES string of the molecule is CCC1CCN(C2Cc3ccccc3C2)CCCN1. The Hall–Kier alpha value is -0.860. The van der Waals surface area contributed by atoms with Gasteiger partial charge in [0.25, 0.3) is 0 Å². The Morgan fingerprint density at radius 2 is 1.89 bits per heavy atom. The first-order valence-corrected chi connectivity index (χ1v) is 7.91.